The number of carbonyl (C=O) groups excluding carboxylic acids is 3. The van der Waals surface area contributed by atoms with Gasteiger partial charge in [0.05, 0.1) is 24.0 Å². The van der Waals surface area contributed by atoms with E-state index < -0.39 is 6.03 Å². The van der Waals surface area contributed by atoms with Crippen LogP contribution in [-0.4, -0.2) is 37.5 Å². The number of hydrogen-bond donors (Lipinski definition) is 2. The summed E-state index contributed by atoms with van der Waals surface area (Å²) in [6, 6.07) is 23.1. The third-order valence-electron chi connectivity index (χ3n) is 5.70. The van der Waals surface area contributed by atoms with Gasteiger partial charge in [0.15, 0.2) is 0 Å². The minimum Gasteiger partial charge on any atom is -0.494 e. The number of nitrogens with zero attached hydrogens (tertiary/aromatic N) is 2. The Hall–Kier alpha value is -4.33. The maximum atomic E-state index is 13.1. The van der Waals surface area contributed by atoms with Crippen molar-refractivity contribution in [1.82, 2.24) is 5.32 Å². The van der Waals surface area contributed by atoms with Crippen molar-refractivity contribution < 1.29 is 19.1 Å². The number of anilines is 3. The van der Waals surface area contributed by atoms with Crippen molar-refractivity contribution in [2.24, 2.45) is 0 Å². The smallest absolute Gasteiger partial charge is 0.326 e. The SMILES string of the molecule is CCOc1ccc(NC(=O)N2CC(=O)N(CC(=O)N[C@@H](C)c3ccccc3)c3ccccc32)cc1. The van der Waals surface area contributed by atoms with E-state index in [1.807, 2.05) is 44.2 Å². The molecule has 3 aromatic carbocycles. The van der Waals surface area contributed by atoms with Crippen LogP contribution >= 0.6 is 0 Å². The van der Waals surface area contributed by atoms with Crippen molar-refractivity contribution in [3.8, 4) is 5.75 Å². The number of hydrogen-bond acceptors (Lipinski definition) is 4. The van der Waals surface area contributed by atoms with Gasteiger partial charge in [-0.15, -0.1) is 0 Å². The molecule has 4 rings (SSSR count). The zero-order valence-electron chi connectivity index (χ0n) is 19.7. The fourth-order valence-electron chi connectivity index (χ4n) is 3.96. The second kappa shape index (κ2) is 10.7. The number of para-hydroxylation sites is 2. The van der Waals surface area contributed by atoms with Crippen LogP contribution < -0.4 is 25.2 Å². The summed E-state index contributed by atoms with van der Waals surface area (Å²) in [5.74, 6) is 0.0874. The molecule has 0 bridgehead atoms. The minimum absolute atomic E-state index is 0.138. The molecule has 4 amide bonds. The Morgan fingerprint density at radius 3 is 2.29 bits per heavy atom. The molecule has 0 fully saturated rings. The van der Waals surface area contributed by atoms with Crippen molar-refractivity contribution in [2.45, 2.75) is 19.9 Å². The molecule has 8 nitrogen and oxygen atoms in total. The molecular weight excluding hydrogens is 444 g/mol. The van der Waals surface area contributed by atoms with Gasteiger partial charge in [-0.2, -0.15) is 0 Å². The molecule has 0 spiro atoms. The highest BCUT2D eigenvalue weighted by Crippen LogP contribution is 2.33. The monoisotopic (exact) mass is 472 g/mol. The molecule has 1 aliphatic rings. The number of urea groups is 1. The molecule has 180 valence electrons. The largest absolute Gasteiger partial charge is 0.494 e. The van der Waals surface area contributed by atoms with Gasteiger partial charge in [0.1, 0.15) is 18.8 Å². The fraction of sp³-hybridized carbons (Fsp3) is 0.222. The molecule has 0 radical (unpaired) electrons. The third-order valence-corrected chi connectivity index (χ3v) is 5.70. The summed E-state index contributed by atoms with van der Waals surface area (Å²) in [7, 11) is 0. The van der Waals surface area contributed by atoms with E-state index >= 15 is 0 Å². The average molecular weight is 473 g/mol. The summed E-state index contributed by atoms with van der Waals surface area (Å²) < 4.78 is 5.43. The van der Waals surface area contributed by atoms with Crippen molar-refractivity contribution in [2.75, 3.05) is 34.8 Å². The summed E-state index contributed by atoms with van der Waals surface area (Å²) in [4.78, 5) is 41.7. The molecule has 0 unspecified atom stereocenters. The van der Waals surface area contributed by atoms with Crippen LogP contribution in [0.3, 0.4) is 0 Å². The van der Waals surface area contributed by atoms with Crippen LogP contribution in [0.25, 0.3) is 0 Å². The van der Waals surface area contributed by atoms with Crippen LogP contribution in [0.1, 0.15) is 25.5 Å². The van der Waals surface area contributed by atoms with E-state index in [0.29, 0.717) is 29.4 Å². The molecule has 0 aliphatic carbocycles. The average Bonchev–Trinajstić information content (AvgIpc) is 2.87. The maximum Gasteiger partial charge on any atom is 0.326 e. The predicted molar refractivity (Wildman–Crippen MR) is 136 cm³/mol. The normalized spacial score (nSPS) is 13.6. The van der Waals surface area contributed by atoms with Gasteiger partial charge in [-0.3, -0.25) is 19.4 Å². The predicted octanol–water partition coefficient (Wildman–Crippen LogP) is 4.35. The van der Waals surface area contributed by atoms with E-state index in [2.05, 4.69) is 10.6 Å². The van der Waals surface area contributed by atoms with Gasteiger partial charge < -0.3 is 15.4 Å². The second-order valence-electron chi connectivity index (χ2n) is 8.14. The summed E-state index contributed by atoms with van der Waals surface area (Å²) >= 11 is 0. The van der Waals surface area contributed by atoms with E-state index in [-0.39, 0.29) is 30.9 Å². The number of benzene rings is 3. The van der Waals surface area contributed by atoms with Crippen LogP contribution in [0.2, 0.25) is 0 Å². The van der Waals surface area contributed by atoms with Crippen molar-refractivity contribution >= 4 is 34.9 Å². The highest BCUT2D eigenvalue weighted by molar-refractivity contribution is 6.15. The molecule has 0 saturated heterocycles. The summed E-state index contributed by atoms with van der Waals surface area (Å²) in [6.07, 6.45) is 0. The maximum absolute atomic E-state index is 13.1. The number of carbonyl (C=O) groups is 3. The van der Waals surface area contributed by atoms with Crippen LogP contribution in [-0.2, 0) is 9.59 Å². The molecule has 0 aromatic heterocycles. The van der Waals surface area contributed by atoms with E-state index in [0.717, 1.165) is 5.56 Å². The summed E-state index contributed by atoms with van der Waals surface area (Å²) in [5, 5.41) is 5.76. The van der Waals surface area contributed by atoms with Gasteiger partial charge in [0.25, 0.3) is 0 Å². The van der Waals surface area contributed by atoms with Crippen molar-refractivity contribution in [1.29, 1.82) is 0 Å². The Kier molecular flexibility index (Phi) is 7.30. The lowest BCUT2D eigenvalue weighted by Crippen LogP contribution is -2.52. The van der Waals surface area contributed by atoms with Crippen LogP contribution in [0.5, 0.6) is 5.75 Å². The Morgan fingerprint density at radius 1 is 0.943 bits per heavy atom. The first-order valence-corrected chi connectivity index (χ1v) is 11.5. The minimum atomic E-state index is -0.434. The van der Waals surface area contributed by atoms with Crippen molar-refractivity contribution in [3.05, 3.63) is 84.4 Å². The quantitative estimate of drug-likeness (QED) is 0.535. The highest BCUT2D eigenvalue weighted by atomic mass is 16.5. The van der Waals surface area contributed by atoms with Gasteiger partial charge in [0, 0.05) is 5.69 Å². The Morgan fingerprint density at radius 2 is 1.60 bits per heavy atom. The Balaban J connectivity index is 1.47. The zero-order valence-corrected chi connectivity index (χ0v) is 19.7. The lowest BCUT2D eigenvalue weighted by atomic mass is 10.1. The lowest BCUT2D eigenvalue weighted by Gasteiger charge is -2.35. The van der Waals surface area contributed by atoms with Crippen LogP contribution in [0.4, 0.5) is 21.9 Å². The first-order valence-electron chi connectivity index (χ1n) is 11.5. The first kappa shape index (κ1) is 23.8. The van der Waals surface area contributed by atoms with E-state index in [9.17, 15) is 14.4 Å². The number of rotatable bonds is 7. The molecule has 8 heteroatoms. The van der Waals surface area contributed by atoms with Gasteiger partial charge >= 0.3 is 6.03 Å². The van der Waals surface area contributed by atoms with Gasteiger partial charge in [-0.25, -0.2) is 4.79 Å². The van der Waals surface area contributed by atoms with E-state index in [1.165, 1.54) is 9.80 Å². The van der Waals surface area contributed by atoms with Crippen LogP contribution in [0.15, 0.2) is 78.9 Å². The number of nitrogens with one attached hydrogen (secondary N) is 2. The second-order valence-corrected chi connectivity index (χ2v) is 8.14. The molecule has 0 saturated carbocycles. The third kappa shape index (κ3) is 5.60. The van der Waals surface area contributed by atoms with Crippen molar-refractivity contribution in [3.63, 3.8) is 0 Å². The number of fused-ring (bicyclic) bond motifs is 1. The Bertz CT molecular complexity index is 1200. The molecule has 3 aromatic rings. The van der Waals surface area contributed by atoms with Gasteiger partial charge in [-0.1, -0.05) is 42.5 Å². The summed E-state index contributed by atoms with van der Waals surface area (Å²) in [6.45, 7) is 4.03. The number of amides is 4. The first-order chi connectivity index (χ1) is 17.0. The summed E-state index contributed by atoms with van der Waals surface area (Å²) in [5.41, 5.74) is 2.62. The molecule has 1 heterocycles. The van der Waals surface area contributed by atoms with Gasteiger partial charge in [-0.05, 0) is 55.8 Å². The van der Waals surface area contributed by atoms with Gasteiger partial charge in [0.2, 0.25) is 11.8 Å². The molecule has 1 aliphatic heterocycles. The zero-order chi connectivity index (χ0) is 24.8. The lowest BCUT2D eigenvalue weighted by molar-refractivity contribution is -0.123. The Labute approximate surface area is 204 Å². The van der Waals surface area contributed by atoms with Crippen LogP contribution in [0, 0.1) is 0 Å². The molecule has 2 N–H and O–H groups in total. The van der Waals surface area contributed by atoms with E-state index in [4.69, 9.17) is 4.74 Å². The molecular formula is C27H28N4O4. The fourth-order valence-corrected chi connectivity index (χ4v) is 3.96. The topological polar surface area (TPSA) is 91.0 Å². The number of ether oxygens (including phenoxy) is 1. The van der Waals surface area contributed by atoms with E-state index in [1.54, 1.807) is 48.5 Å². The molecule has 35 heavy (non-hydrogen) atoms. The highest BCUT2D eigenvalue weighted by Gasteiger charge is 2.33. The molecule has 1 atom stereocenters. The standard InChI is InChI=1S/C27H28N4O4/c1-3-35-22-15-13-21(14-16-22)29-27(34)31-18-26(33)30(23-11-7-8-12-24(23)31)17-25(32)28-19(2)20-9-5-4-6-10-20/h4-16,19H,3,17-18H2,1-2H3,(H,28,32)(H,29,34)/t19-/m0/s1.